The average Bonchev–Trinajstić information content (AvgIpc) is 3.22. The number of carbonyl (C=O) groups is 2. The zero-order chi connectivity index (χ0) is 23.1. The predicted octanol–water partition coefficient (Wildman–Crippen LogP) is 3.37. The van der Waals surface area contributed by atoms with Gasteiger partial charge in [-0.25, -0.2) is 18.6 Å². The van der Waals surface area contributed by atoms with Crippen LogP contribution in [-0.2, 0) is 26.2 Å². The lowest BCUT2D eigenvalue weighted by atomic mass is 10.3. The van der Waals surface area contributed by atoms with Gasteiger partial charge in [-0.2, -0.15) is 5.10 Å². The van der Waals surface area contributed by atoms with Gasteiger partial charge >= 0.3 is 11.8 Å². The summed E-state index contributed by atoms with van der Waals surface area (Å²) in [5.41, 5.74) is 2.54. The van der Waals surface area contributed by atoms with Crippen molar-refractivity contribution in [3.05, 3.63) is 81.1 Å². The Morgan fingerprint density at radius 2 is 1.53 bits per heavy atom. The monoisotopic (exact) mass is 582 g/mol. The number of anilines is 1. The average molecular weight is 584 g/mol. The van der Waals surface area contributed by atoms with Gasteiger partial charge in [0.25, 0.3) is 0 Å². The van der Waals surface area contributed by atoms with Crippen LogP contribution in [0.1, 0.15) is 11.5 Å². The van der Waals surface area contributed by atoms with Crippen LogP contribution in [0.25, 0.3) is 0 Å². The molecule has 0 aliphatic heterocycles. The first kappa shape index (κ1) is 23.9. The van der Waals surface area contributed by atoms with Crippen LogP contribution in [0.2, 0.25) is 0 Å². The molecule has 1 aromatic heterocycles. The SMILES string of the molecule is O=C(N/N=C/c1ccc(CNS(=O)(=O)c2ccc(Br)cc2)o1)C(=O)Nc1ccc(Br)cc1. The fourth-order valence-electron chi connectivity index (χ4n) is 2.35. The molecule has 0 bridgehead atoms. The summed E-state index contributed by atoms with van der Waals surface area (Å²) >= 11 is 6.53. The molecule has 0 radical (unpaired) electrons. The fraction of sp³-hybridized carbons (Fsp3) is 0.0500. The number of hydrazone groups is 1. The molecule has 0 saturated heterocycles. The maximum Gasteiger partial charge on any atom is 0.329 e. The minimum Gasteiger partial charge on any atom is -0.459 e. The number of halogens is 2. The molecule has 2 amide bonds. The highest BCUT2D eigenvalue weighted by Crippen LogP contribution is 2.16. The van der Waals surface area contributed by atoms with E-state index in [1.54, 1.807) is 48.5 Å². The Morgan fingerprint density at radius 3 is 2.19 bits per heavy atom. The molecule has 9 nitrogen and oxygen atoms in total. The molecule has 3 aromatic rings. The van der Waals surface area contributed by atoms with Gasteiger partial charge in [0.1, 0.15) is 11.5 Å². The van der Waals surface area contributed by atoms with Crippen molar-refractivity contribution in [1.29, 1.82) is 0 Å². The highest BCUT2D eigenvalue weighted by Gasteiger charge is 2.15. The second-order valence-corrected chi connectivity index (χ2v) is 9.84. The van der Waals surface area contributed by atoms with E-state index in [0.29, 0.717) is 11.4 Å². The number of furan rings is 1. The van der Waals surface area contributed by atoms with Gasteiger partial charge in [-0.1, -0.05) is 31.9 Å². The number of sulfonamides is 1. The van der Waals surface area contributed by atoms with E-state index in [1.165, 1.54) is 18.3 Å². The van der Waals surface area contributed by atoms with Crippen molar-refractivity contribution in [3.8, 4) is 0 Å². The second kappa shape index (κ2) is 10.7. The second-order valence-electron chi connectivity index (χ2n) is 6.24. The Kier molecular flexibility index (Phi) is 7.96. The lowest BCUT2D eigenvalue weighted by molar-refractivity contribution is -0.136. The smallest absolute Gasteiger partial charge is 0.329 e. The van der Waals surface area contributed by atoms with Crippen LogP contribution in [0.4, 0.5) is 5.69 Å². The van der Waals surface area contributed by atoms with Crippen LogP contribution in [0, 0.1) is 0 Å². The van der Waals surface area contributed by atoms with Gasteiger partial charge in [0.15, 0.2) is 0 Å². The molecule has 32 heavy (non-hydrogen) atoms. The van der Waals surface area contributed by atoms with E-state index in [2.05, 4.69) is 52.4 Å². The van der Waals surface area contributed by atoms with Crippen LogP contribution < -0.4 is 15.5 Å². The first-order valence-corrected chi connectivity index (χ1v) is 12.0. The van der Waals surface area contributed by atoms with Crippen LogP contribution in [-0.4, -0.2) is 26.4 Å². The Bertz CT molecular complexity index is 1240. The maximum atomic E-state index is 12.3. The Hall–Kier alpha value is -2.80. The Morgan fingerprint density at radius 1 is 0.906 bits per heavy atom. The van der Waals surface area contributed by atoms with Gasteiger partial charge in [-0.05, 0) is 60.7 Å². The van der Waals surface area contributed by atoms with Crippen molar-refractivity contribution in [3.63, 3.8) is 0 Å². The third-order valence-electron chi connectivity index (χ3n) is 3.91. The van der Waals surface area contributed by atoms with Crippen molar-refractivity contribution in [2.75, 3.05) is 5.32 Å². The standard InChI is InChI=1S/C20H16Br2N4O5S/c21-13-1-5-15(6-2-13)25-19(27)20(28)26-23-11-16-7-8-17(31-16)12-24-32(29,30)18-9-3-14(22)4-10-18/h1-11,24H,12H2,(H,25,27)(H,26,28)/b23-11+. The molecule has 12 heteroatoms. The zero-order valence-electron chi connectivity index (χ0n) is 16.2. The quantitative estimate of drug-likeness (QED) is 0.223. The largest absolute Gasteiger partial charge is 0.459 e. The molecule has 0 unspecified atom stereocenters. The van der Waals surface area contributed by atoms with E-state index < -0.39 is 21.8 Å². The molecule has 0 saturated carbocycles. The topological polar surface area (TPSA) is 130 Å². The van der Waals surface area contributed by atoms with E-state index in [9.17, 15) is 18.0 Å². The summed E-state index contributed by atoms with van der Waals surface area (Å²) in [5.74, 6) is -1.24. The molecular weight excluding hydrogens is 568 g/mol. The number of rotatable bonds is 7. The summed E-state index contributed by atoms with van der Waals surface area (Å²) in [6, 6.07) is 16.0. The lowest BCUT2D eigenvalue weighted by Crippen LogP contribution is -2.32. The minimum atomic E-state index is -3.70. The summed E-state index contributed by atoms with van der Waals surface area (Å²) < 4.78 is 34.1. The number of benzene rings is 2. The molecule has 166 valence electrons. The molecule has 1 heterocycles. The summed E-state index contributed by atoms with van der Waals surface area (Å²) in [6.07, 6.45) is 1.19. The molecule has 3 rings (SSSR count). The summed E-state index contributed by atoms with van der Waals surface area (Å²) in [7, 11) is -3.70. The van der Waals surface area contributed by atoms with E-state index in [4.69, 9.17) is 4.42 Å². The van der Waals surface area contributed by atoms with Gasteiger partial charge in [-0.15, -0.1) is 0 Å². The van der Waals surface area contributed by atoms with Crippen LogP contribution >= 0.6 is 31.9 Å². The van der Waals surface area contributed by atoms with Crippen molar-refractivity contribution < 1.29 is 22.4 Å². The number of nitrogens with one attached hydrogen (secondary N) is 3. The molecule has 3 N–H and O–H groups in total. The number of nitrogens with zero attached hydrogens (tertiary/aromatic N) is 1. The minimum absolute atomic E-state index is 0.0752. The molecule has 0 atom stereocenters. The van der Waals surface area contributed by atoms with E-state index in [-0.39, 0.29) is 17.2 Å². The van der Waals surface area contributed by atoms with Gasteiger partial charge in [0.2, 0.25) is 10.0 Å². The van der Waals surface area contributed by atoms with E-state index in [1.807, 2.05) is 0 Å². The maximum absolute atomic E-state index is 12.3. The zero-order valence-corrected chi connectivity index (χ0v) is 20.2. The number of hydrogen-bond donors (Lipinski definition) is 3. The Balaban J connectivity index is 1.49. The summed E-state index contributed by atoms with van der Waals surface area (Å²) in [6.45, 7) is -0.0752. The number of carbonyl (C=O) groups excluding carboxylic acids is 2. The molecular formula is C20H16Br2N4O5S. The first-order chi connectivity index (χ1) is 15.2. The lowest BCUT2D eigenvalue weighted by Gasteiger charge is -2.05. The first-order valence-electron chi connectivity index (χ1n) is 8.97. The fourth-order valence-corrected chi connectivity index (χ4v) is 3.87. The number of hydrogen-bond acceptors (Lipinski definition) is 6. The van der Waals surface area contributed by atoms with Crippen molar-refractivity contribution in [1.82, 2.24) is 10.1 Å². The molecule has 0 spiro atoms. The highest BCUT2D eigenvalue weighted by molar-refractivity contribution is 9.10. The summed E-state index contributed by atoms with van der Waals surface area (Å²) in [4.78, 5) is 23.8. The normalized spacial score (nSPS) is 11.4. The van der Waals surface area contributed by atoms with Crippen molar-refractivity contribution in [2.24, 2.45) is 5.10 Å². The molecule has 0 aliphatic carbocycles. The van der Waals surface area contributed by atoms with Crippen LogP contribution in [0.15, 0.2) is 84.0 Å². The molecule has 0 aliphatic rings. The van der Waals surface area contributed by atoms with Gasteiger partial charge in [-0.3, -0.25) is 9.59 Å². The third-order valence-corrected chi connectivity index (χ3v) is 6.38. The molecule has 2 aromatic carbocycles. The third kappa shape index (κ3) is 6.85. The Labute approximate surface area is 200 Å². The summed E-state index contributed by atoms with van der Waals surface area (Å²) in [5, 5.41) is 6.10. The van der Waals surface area contributed by atoms with E-state index >= 15 is 0 Å². The van der Waals surface area contributed by atoms with Gasteiger partial charge in [0.05, 0.1) is 17.7 Å². The van der Waals surface area contributed by atoms with Gasteiger partial charge < -0.3 is 9.73 Å². The highest BCUT2D eigenvalue weighted by atomic mass is 79.9. The van der Waals surface area contributed by atoms with Crippen LogP contribution in [0.3, 0.4) is 0 Å². The van der Waals surface area contributed by atoms with Crippen molar-refractivity contribution >= 4 is 65.6 Å². The number of amides is 2. The predicted molar refractivity (Wildman–Crippen MR) is 125 cm³/mol. The molecule has 0 fully saturated rings. The van der Waals surface area contributed by atoms with Crippen molar-refractivity contribution in [2.45, 2.75) is 11.4 Å². The van der Waals surface area contributed by atoms with Crippen LogP contribution in [0.5, 0.6) is 0 Å². The van der Waals surface area contributed by atoms with Gasteiger partial charge in [0, 0.05) is 14.6 Å². The van der Waals surface area contributed by atoms with E-state index in [0.717, 1.165) is 8.95 Å².